The van der Waals surface area contributed by atoms with Gasteiger partial charge in [0.25, 0.3) is 0 Å². The van der Waals surface area contributed by atoms with Crippen molar-refractivity contribution in [1.29, 1.82) is 0 Å². The minimum Gasteiger partial charge on any atom is -0.396 e. The molecule has 96 valence electrons. The highest BCUT2D eigenvalue weighted by Gasteiger charge is 2.16. The second-order valence-electron chi connectivity index (χ2n) is 5.02. The van der Waals surface area contributed by atoms with E-state index in [-0.39, 0.29) is 12.6 Å². The molecule has 0 amide bonds. The normalized spacial score (nSPS) is 14.9. The Kier molecular flexibility index (Phi) is 6.16. The highest BCUT2D eigenvalue weighted by Crippen LogP contribution is 2.20. The fourth-order valence-corrected chi connectivity index (χ4v) is 1.95. The van der Waals surface area contributed by atoms with Crippen LogP contribution in [0.25, 0.3) is 0 Å². The second-order valence-corrected chi connectivity index (χ2v) is 5.02. The Morgan fingerprint density at radius 3 is 2.59 bits per heavy atom. The monoisotopic (exact) mass is 236 g/mol. The topological polar surface area (TPSA) is 45.1 Å². The van der Waals surface area contributed by atoms with Crippen molar-refractivity contribution in [2.75, 3.05) is 6.61 Å². The molecule has 0 aliphatic carbocycles. The minimum absolute atomic E-state index is 0.227. The van der Waals surface area contributed by atoms with Gasteiger partial charge in [0.1, 0.15) is 0 Å². The van der Waals surface area contributed by atoms with Crippen LogP contribution >= 0.6 is 0 Å². The van der Waals surface area contributed by atoms with Crippen LogP contribution in [0.15, 0.2) is 24.4 Å². The summed E-state index contributed by atoms with van der Waals surface area (Å²) in [5.41, 5.74) is 1.09. The van der Waals surface area contributed by atoms with Crippen LogP contribution in [0, 0.1) is 5.92 Å². The maximum atomic E-state index is 8.95. The SMILES string of the molecule is CC(C)CC(N[C@H](C)CCO)c1ccccn1. The fraction of sp³-hybridized carbons (Fsp3) is 0.643. The lowest BCUT2D eigenvalue weighted by Crippen LogP contribution is -2.32. The van der Waals surface area contributed by atoms with Gasteiger partial charge < -0.3 is 10.4 Å². The summed E-state index contributed by atoms with van der Waals surface area (Å²) >= 11 is 0. The number of nitrogens with zero attached hydrogens (tertiary/aromatic N) is 1. The van der Waals surface area contributed by atoms with Gasteiger partial charge in [-0.3, -0.25) is 4.98 Å². The van der Waals surface area contributed by atoms with Crippen molar-refractivity contribution in [2.45, 2.75) is 45.7 Å². The number of aliphatic hydroxyl groups excluding tert-OH is 1. The van der Waals surface area contributed by atoms with E-state index in [1.54, 1.807) is 0 Å². The van der Waals surface area contributed by atoms with Crippen molar-refractivity contribution in [3.8, 4) is 0 Å². The van der Waals surface area contributed by atoms with E-state index >= 15 is 0 Å². The summed E-state index contributed by atoms with van der Waals surface area (Å²) < 4.78 is 0. The van der Waals surface area contributed by atoms with E-state index in [1.807, 2.05) is 18.3 Å². The van der Waals surface area contributed by atoms with Crippen LogP contribution in [-0.2, 0) is 0 Å². The smallest absolute Gasteiger partial charge is 0.0573 e. The molecule has 1 aromatic rings. The quantitative estimate of drug-likeness (QED) is 0.764. The van der Waals surface area contributed by atoms with Crippen LogP contribution in [0.2, 0.25) is 0 Å². The Balaban J connectivity index is 2.67. The van der Waals surface area contributed by atoms with Gasteiger partial charge in [0, 0.05) is 24.9 Å². The first-order valence-corrected chi connectivity index (χ1v) is 6.41. The standard InChI is InChI=1S/C14H24N2O/c1-11(2)10-14(16-12(3)7-9-17)13-6-4-5-8-15-13/h4-6,8,11-12,14,16-17H,7,9-10H2,1-3H3/t12-,14?/m1/s1. The molecule has 0 aromatic carbocycles. The van der Waals surface area contributed by atoms with Gasteiger partial charge in [-0.05, 0) is 37.8 Å². The van der Waals surface area contributed by atoms with Crippen LogP contribution in [0.3, 0.4) is 0 Å². The van der Waals surface area contributed by atoms with E-state index < -0.39 is 0 Å². The summed E-state index contributed by atoms with van der Waals surface area (Å²) in [6.45, 7) is 6.76. The molecular formula is C14H24N2O. The first-order chi connectivity index (χ1) is 8.13. The lowest BCUT2D eigenvalue weighted by molar-refractivity contribution is 0.258. The third-order valence-electron chi connectivity index (χ3n) is 2.80. The van der Waals surface area contributed by atoms with E-state index in [1.165, 1.54) is 0 Å². The molecule has 0 saturated carbocycles. The molecule has 0 saturated heterocycles. The third-order valence-corrected chi connectivity index (χ3v) is 2.80. The first kappa shape index (κ1) is 14.1. The largest absolute Gasteiger partial charge is 0.396 e. The van der Waals surface area contributed by atoms with E-state index in [2.05, 4.69) is 37.1 Å². The van der Waals surface area contributed by atoms with Crippen LogP contribution in [0.5, 0.6) is 0 Å². The molecule has 1 rings (SSSR count). The highest BCUT2D eigenvalue weighted by atomic mass is 16.3. The number of nitrogens with one attached hydrogen (secondary N) is 1. The molecule has 0 aliphatic rings. The second kappa shape index (κ2) is 7.41. The van der Waals surface area contributed by atoms with Gasteiger partial charge in [0.05, 0.1) is 5.69 Å². The van der Waals surface area contributed by atoms with E-state index in [0.717, 1.165) is 18.5 Å². The van der Waals surface area contributed by atoms with Crippen molar-refractivity contribution in [3.63, 3.8) is 0 Å². The van der Waals surface area contributed by atoms with Crippen LogP contribution < -0.4 is 5.32 Å². The molecule has 17 heavy (non-hydrogen) atoms. The van der Waals surface area contributed by atoms with E-state index in [9.17, 15) is 0 Å². The zero-order valence-corrected chi connectivity index (χ0v) is 11.1. The molecular weight excluding hydrogens is 212 g/mol. The van der Waals surface area contributed by atoms with Gasteiger partial charge >= 0.3 is 0 Å². The van der Waals surface area contributed by atoms with Gasteiger partial charge in [-0.2, -0.15) is 0 Å². The Morgan fingerprint density at radius 2 is 2.06 bits per heavy atom. The van der Waals surface area contributed by atoms with Gasteiger partial charge in [-0.1, -0.05) is 19.9 Å². The predicted octanol–water partition coefficient (Wildman–Crippen LogP) is 2.53. The molecule has 2 atom stereocenters. The number of pyridine rings is 1. The van der Waals surface area contributed by atoms with E-state index in [0.29, 0.717) is 12.0 Å². The Labute approximate surface area is 104 Å². The van der Waals surface area contributed by atoms with Crippen LogP contribution in [0.4, 0.5) is 0 Å². The summed E-state index contributed by atoms with van der Waals surface area (Å²) in [5.74, 6) is 0.621. The first-order valence-electron chi connectivity index (χ1n) is 6.41. The molecule has 2 N–H and O–H groups in total. The van der Waals surface area contributed by atoms with Crippen molar-refractivity contribution >= 4 is 0 Å². The molecule has 0 aliphatic heterocycles. The number of hydrogen-bond donors (Lipinski definition) is 2. The maximum absolute atomic E-state index is 8.95. The van der Waals surface area contributed by atoms with Crippen LogP contribution in [-0.4, -0.2) is 22.7 Å². The molecule has 0 bridgehead atoms. The van der Waals surface area contributed by atoms with Gasteiger partial charge in [-0.25, -0.2) is 0 Å². The Hall–Kier alpha value is -0.930. The predicted molar refractivity (Wildman–Crippen MR) is 70.7 cm³/mol. The Bertz CT molecular complexity index is 300. The summed E-state index contributed by atoms with van der Waals surface area (Å²) in [5, 5.41) is 12.5. The summed E-state index contributed by atoms with van der Waals surface area (Å²) in [6.07, 6.45) is 3.68. The summed E-state index contributed by atoms with van der Waals surface area (Å²) in [6, 6.07) is 6.61. The van der Waals surface area contributed by atoms with Crippen molar-refractivity contribution in [3.05, 3.63) is 30.1 Å². The molecule has 0 spiro atoms. The maximum Gasteiger partial charge on any atom is 0.0573 e. The average Bonchev–Trinajstić information content (AvgIpc) is 2.29. The number of hydrogen-bond acceptors (Lipinski definition) is 3. The summed E-state index contributed by atoms with van der Waals surface area (Å²) in [4.78, 5) is 4.42. The molecule has 1 aromatic heterocycles. The van der Waals surface area contributed by atoms with Crippen molar-refractivity contribution < 1.29 is 5.11 Å². The Morgan fingerprint density at radius 1 is 1.29 bits per heavy atom. The van der Waals surface area contributed by atoms with Gasteiger partial charge in [-0.15, -0.1) is 0 Å². The fourth-order valence-electron chi connectivity index (χ4n) is 1.95. The zero-order chi connectivity index (χ0) is 12.7. The molecule has 3 nitrogen and oxygen atoms in total. The average molecular weight is 236 g/mol. The lowest BCUT2D eigenvalue weighted by atomic mass is 9.99. The van der Waals surface area contributed by atoms with Crippen molar-refractivity contribution in [2.24, 2.45) is 5.92 Å². The minimum atomic E-state index is 0.227. The van der Waals surface area contributed by atoms with Gasteiger partial charge in [0.2, 0.25) is 0 Å². The van der Waals surface area contributed by atoms with E-state index in [4.69, 9.17) is 5.11 Å². The number of aromatic nitrogens is 1. The highest BCUT2D eigenvalue weighted by molar-refractivity contribution is 5.09. The molecule has 1 heterocycles. The molecule has 0 fully saturated rings. The molecule has 3 heteroatoms. The molecule has 1 unspecified atom stereocenters. The number of rotatable bonds is 7. The number of aliphatic hydroxyl groups is 1. The van der Waals surface area contributed by atoms with Gasteiger partial charge in [0.15, 0.2) is 0 Å². The summed E-state index contributed by atoms with van der Waals surface area (Å²) in [7, 11) is 0. The third kappa shape index (κ3) is 5.29. The zero-order valence-electron chi connectivity index (χ0n) is 11.1. The van der Waals surface area contributed by atoms with Crippen molar-refractivity contribution in [1.82, 2.24) is 10.3 Å². The molecule has 0 radical (unpaired) electrons. The lowest BCUT2D eigenvalue weighted by Gasteiger charge is -2.24. The van der Waals surface area contributed by atoms with Crippen LogP contribution in [0.1, 0.15) is 45.3 Å².